The summed E-state index contributed by atoms with van der Waals surface area (Å²) in [6.07, 6.45) is 3.39. The van der Waals surface area contributed by atoms with Gasteiger partial charge in [0.05, 0.1) is 13.2 Å². The normalized spacial score (nSPS) is 26.2. The van der Waals surface area contributed by atoms with Crippen molar-refractivity contribution in [1.82, 2.24) is 0 Å². The Bertz CT molecular complexity index is 848. The smallest absolute Gasteiger partial charge is 0.406 e. The molecule has 1 saturated heterocycles. The molecule has 33 heavy (non-hydrogen) atoms. The fourth-order valence-corrected chi connectivity index (χ4v) is 5.01. The molecule has 1 aliphatic carbocycles. The minimum atomic E-state index is -4.67. The van der Waals surface area contributed by atoms with Gasteiger partial charge in [0.2, 0.25) is 0 Å². The summed E-state index contributed by atoms with van der Waals surface area (Å²) in [5.41, 5.74) is 3.16. The highest BCUT2D eigenvalue weighted by atomic mass is 19.4. The van der Waals surface area contributed by atoms with Crippen molar-refractivity contribution in [2.45, 2.75) is 70.4 Å². The highest BCUT2D eigenvalue weighted by Crippen LogP contribution is 2.39. The van der Waals surface area contributed by atoms with Crippen LogP contribution in [0.5, 0.6) is 5.75 Å². The van der Waals surface area contributed by atoms with Crippen LogP contribution >= 0.6 is 0 Å². The van der Waals surface area contributed by atoms with E-state index < -0.39 is 6.36 Å². The van der Waals surface area contributed by atoms with Gasteiger partial charge in [0, 0.05) is 11.8 Å². The standard InChI is InChI=1S/C27H33F3O3/c1-2-3-4-19-17-31-26(32-18-19)24-11-9-22(10-12-24)20-5-7-21(8-6-20)23-13-15-25(16-14-23)33-27(28,29)30/h5-8,13-16,19,22,24,26H,2-4,9-12,17-18H2,1H3. The average molecular weight is 463 g/mol. The van der Waals surface area contributed by atoms with E-state index in [1.54, 1.807) is 12.1 Å². The van der Waals surface area contributed by atoms with Crippen LogP contribution in [0, 0.1) is 11.8 Å². The topological polar surface area (TPSA) is 27.7 Å². The van der Waals surface area contributed by atoms with Crippen molar-refractivity contribution in [2.75, 3.05) is 13.2 Å². The summed E-state index contributed by atoms with van der Waals surface area (Å²) in [4.78, 5) is 0. The van der Waals surface area contributed by atoms with Crippen LogP contribution in [-0.2, 0) is 9.47 Å². The molecule has 0 unspecified atom stereocenters. The zero-order valence-electron chi connectivity index (χ0n) is 19.2. The highest BCUT2D eigenvalue weighted by molar-refractivity contribution is 5.64. The molecule has 0 atom stereocenters. The fraction of sp³-hybridized carbons (Fsp3) is 0.556. The molecule has 0 spiro atoms. The predicted molar refractivity (Wildman–Crippen MR) is 122 cm³/mol. The molecule has 0 bridgehead atoms. The number of unbranched alkanes of at least 4 members (excludes halogenated alkanes) is 1. The van der Waals surface area contributed by atoms with E-state index >= 15 is 0 Å². The van der Waals surface area contributed by atoms with Gasteiger partial charge in [0.15, 0.2) is 6.29 Å². The molecular weight excluding hydrogens is 429 g/mol. The Morgan fingerprint density at radius 1 is 0.848 bits per heavy atom. The molecule has 3 nitrogen and oxygen atoms in total. The van der Waals surface area contributed by atoms with Gasteiger partial charge >= 0.3 is 6.36 Å². The maximum Gasteiger partial charge on any atom is 0.573 e. The summed E-state index contributed by atoms with van der Waals surface area (Å²) in [5.74, 6) is 1.34. The van der Waals surface area contributed by atoms with Gasteiger partial charge in [0.1, 0.15) is 5.75 Å². The van der Waals surface area contributed by atoms with Crippen molar-refractivity contribution in [3.8, 4) is 16.9 Å². The van der Waals surface area contributed by atoms with E-state index in [1.807, 2.05) is 12.1 Å². The predicted octanol–water partition coefficient (Wildman–Crippen LogP) is 7.71. The fourth-order valence-electron chi connectivity index (χ4n) is 5.01. The number of alkyl halides is 3. The van der Waals surface area contributed by atoms with Crippen molar-refractivity contribution >= 4 is 0 Å². The summed E-state index contributed by atoms with van der Waals surface area (Å²) in [7, 11) is 0. The summed E-state index contributed by atoms with van der Waals surface area (Å²) in [6.45, 7) is 3.87. The quantitative estimate of drug-likeness (QED) is 0.422. The Hall–Kier alpha value is -2.05. The monoisotopic (exact) mass is 462 g/mol. The molecule has 2 aromatic carbocycles. The number of benzene rings is 2. The molecule has 1 aliphatic heterocycles. The molecule has 2 aliphatic rings. The molecule has 0 N–H and O–H groups in total. The zero-order valence-corrected chi connectivity index (χ0v) is 19.2. The third-order valence-corrected chi connectivity index (χ3v) is 6.92. The Morgan fingerprint density at radius 2 is 1.42 bits per heavy atom. The van der Waals surface area contributed by atoms with Crippen molar-refractivity contribution in [2.24, 2.45) is 11.8 Å². The first-order chi connectivity index (χ1) is 15.9. The second-order valence-corrected chi connectivity index (χ2v) is 9.35. The first-order valence-electron chi connectivity index (χ1n) is 12.1. The van der Waals surface area contributed by atoms with E-state index in [4.69, 9.17) is 9.47 Å². The Balaban J connectivity index is 1.27. The average Bonchev–Trinajstić information content (AvgIpc) is 2.83. The van der Waals surface area contributed by atoms with Gasteiger partial charge < -0.3 is 14.2 Å². The van der Waals surface area contributed by atoms with Crippen molar-refractivity contribution < 1.29 is 27.4 Å². The van der Waals surface area contributed by atoms with Crippen LogP contribution < -0.4 is 4.74 Å². The SMILES string of the molecule is CCCCC1COC(C2CCC(c3ccc(-c4ccc(OC(F)(F)F)cc4)cc3)CC2)OC1. The summed E-state index contributed by atoms with van der Waals surface area (Å²) in [6, 6.07) is 14.4. The highest BCUT2D eigenvalue weighted by Gasteiger charge is 2.33. The largest absolute Gasteiger partial charge is 0.573 e. The van der Waals surface area contributed by atoms with Gasteiger partial charge in [-0.3, -0.25) is 0 Å². The lowest BCUT2D eigenvalue weighted by Crippen LogP contribution is -2.38. The van der Waals surface area contributed by atoms with Gasteiger partial charge in [-0.2, -0.15) is 0 Å². The molecule has 4 rings (SSSR count). The summed E-state index contributed by atoms with van der Waals surface area (Å²) < 4.78 is 53.1. The van der Waals surface area contributed by atoms with Crippen LogP contribution in [0.2, 0.25) is 0 Å². The first kappa shape index (κ1) is 24.1. The molecule has 0 amide bonds. The van der Waals surface area contributed by atoms with Crippen LogP contribution in [0.15, 0.2) is 48.5 Å². The third-order valence-electron chi connectivity index (χ3n) is 6.92. The molecule has 1 heterocycles. The van der Waals surface area contributed by atoms with E-state index in [-0.39, 0.29) is 12.0 Å². The minimum absolute atomic E-state index is 0.0458. The van der Waals surface area contributed by atoms with E-state index in [0.717, 1.165) is 50.0 Å². The van der Waals surface area contributed by atoms with Crippen LogP contribution in [-0.4, -0.2) is 25.9 Å². The van der Waals surface area contributed by atoms with E-state index in [1.165, 1.54) is 37.0 Å². The summed E-state index contributed by atoms with van der Waals surface area (Å²) >= 11 is 0. The molecule has 0 aromatic heterocycles. The Kier molecular flexibility index (Phi) is 7.97. The van der Waals surface area contributed by atoms with E-state index in [0.29, 0.717) is 17.8 Å². The molecule has 6 heteroatoms. The zero-order chi connectivity index (χ0) is 23.3. The number of ether oxygens (including phenoxy) is 3. The van der Waals surface area contributed by atoms with Crippen molar-refractivity contribution in [3.63, 3.8) is 0 Å². The van der Waals surface area contributed by atoms with Crippen LogP contribution in [0.4, 0.5) is 13.2 Å². The minimum Gasteiger partial charge on any atom is -0.406 e. The van der Waals surface area contributed by atoms with Crippen LogP contribution in [0.1, 0.15) is 63.4 Å². The lowest BCUT2D eigenvalue weighted by Gasteiger charge is -2.37. The second-order valence-electron chi connectivity index (χ2n) is 9.35. The molecular formula is C27H33F3O3. The van der Waals surface area contributed by atoms with Gasteiger partial charge in [0.25, 0.3) is 0 Å². The van der Waals surface area contributed by atoms with Crippen molar-refractivity contribution in [3.05, 3.63) is 54.1 Å². The number of hydrogen-bond donors (Lipinski definition) is 0. The van der Waals surface area contributed by atoms with Crippen molar-refractivity contribution in [1.29, 1.82) is 0 Å². The van der Waals surface area contributed by atoms with Crippen LogP contribution in [0.25, 0.3) is 11.1 Å². The Labute approximate surface area is 194 Å². The van der Waals surface area contributed by atoms with Gasteiger partial charge in [-0.15, -0.1) is 13.2 Å². The maximum absolute atomic E-state index is 12.3. The summed E-state index contributed by atoms with van der Waals surface area (Å²) in [5, 5.41) is 0. The second kappa shape index (κ2) is 10.9. The molecule has 180 valence electrons. The lowest BCUT2D eigenvalue weighted by atomic mass is 9.78. The lowest BCUT2D eigenvalue weighted by molar-refractivity contribution is -0.274. The van der Waals surface area contributed by atoms with E-state index in [2.05, 4.69) is 23.8 Å². The Morgan fingerprint density at radius 3 is 1.97 bits per heavy atom. The number of rotatable bonds is 7. The number of hydrogen-bond acceptors (Lipinski definition) is 3. The molecule has 2 aromatic rings. The maximum atomic E-state index is 12.3. The van der Waals surface area contributed by atoms with Gasteiger partial charge in [-0.25, -0.2) is 0 Å². The molecule has 0 radical (unpaired) electrons. The van der Waals surface area contributed by atoms with E-state index in [9.17, 15) is 13.2 Å². The molecule has 1 saturated carbocycles. The molecule has 2 fully saturated rings. The first-order valence-corrected chi connectivity index (χ1v) is 12.1. The van der Waals surface area contributed by atoms with Crippen LogP contribution in [0.3, 0.4) is 0 Å². The van der Waals surface area contributed by atoms with Gasteiger partial charge in [-0.05, 0) is 66.8 Å². The number of halogens is 3. The van der Waals surface area contributed by atoms with Gasteiger partial charge in [-0.1, -0.05) is 56.2 Å². The third kappa shape index (κ3) is 6.73.